The Morgan fingerprint density at radius 2 is 1.79 bits per heavy atom. The Kier molecular flexibility index (Phi) is 7.98. The number of rotatable bonds is 10. The van der Waals surface area contributed by atoms with E-state index in [0.29, 0.717) is 11.3 Å². The molecule has 0 spiro atoms. The van der Waals surface area contributed by atoms with E-state index < -0.39 is 31.4 Å². The molecule has 1 aromatic rings. The molecule has 1 N–H and O–H groups in total. The van der Waals surface area contributed by atoms with Gasteiger partial charge in [-0.3, -0.25) is 4.79 Å². The summed E-state index contributed by atoms with van der Waals surface area (Å²) in [5.41, 5.74) is 8.81. The van der Waals surface area contributed by atoms with Gasteiger partial charge in [0.05, 0.1) is 26.4 Å². The van der Waals surface area contributed by atoms with Gasteiger partial charge in [-0.2, -0.15) is 4.79 Å². The highest BCUT2D eigenvalue weighted by Crippen LogP contribution is 2.49. The minimum Gasteiger partial charge on any atom is -0.497 e. The normalized spacial score (nSPS) is 12.3. The van der Waals surface area contributed by atoms with Crippen LogP contribution in [0.3, 0.4) is 0 Å². The van der Waals surface area contributed by atoms with E-state index in [1.165, 1.54) is 7.11 Å². The molecule has 0 bridgehead atoms. The Labute approximate surface area is 140 Å². The number of hydrogen-bond acceptors (Lipinski definition) is 6. The maximum atomic E-state index is 12.5. The van der Waals surface area contributed by atoms with E-state index in [4.69, 9.17) is 19.3 Å². The summed E-state index contributed by atoms with van der Waals surface area (Å²) in [6, 6.07) is 6.46. The van der Waals surface area contributed by atoms with Gasteiger partial charge in [-0.1, -0.05) is 12.1 Å². The molecular weight excluding hydrogens is 335 g/mol. The van der Waals surface area contributed by atoms with Crippen molar-refractivity contribution in [2.45, 2.75) is 26.4 Å². The maximum Gasteiger partial charge on any atom is 0.446 e. The van der Waals surface area contributed by atoms with Crippen molar-refractivity contribution < 1.29 is 33.0 Å². The molecule has 0 aromatic heterocycles. The maximum absolute atomic E-state index is 12.5. The van der Waals surface area contributed by atoms with Crippen LogP contribution in [0.15, 0.2) is 24.3 Å². The van der Waals surface area contributed by atoms with Crippen molar-refractivity contribution in [2.24, 2.45) is 0 Å². The van der Waals surface area contributed by atoms with Gasteiger partial charge in [0.1, 0.15) is 5.75 Å². The van der Waals surface area contributed by atoms with Crippen molar-refractivity contribution in [3.63, 3.8) is 0 Å². The number of ether oxygens (including phenoxy) is 1. The van der Waals surface area contributed by atoms with E-state index in [1.54, 1.807) is 38.1 Å². The number of Topliss-reactive ketones (excluding diaryl/α,β-unsaturated/α-hetero) is 1. The summed E-state index contributed by atoms with van der Waals surface area (Å²) in [6.45, 7) is 3.14. The molecule has 0 amide bonds. The van der Waals surface area contributed by atoms with Gasteiger partial charge in [-0.25, -0.2) is 4.57 Å². The van der Waals surface area contributed by atoms with Crippen LogP contribution in [0.4, 0.5) is 0 Å². The SMILES string of the molecule is CCOP(=O)(OCC)C(=[N+]=[N-])C(=O)CC(O)c1ccc(OC)cc1. The smallest absolute Gasteiger partial charge is 0.446 e. The minimum atomic E-state index is -4.03. The lowest BCUT2D eigenvalue weighted by Gasteiger charge is -2.13. The van der Waals surface area contributed by atoms with Crippen LogP contribution < -0.4 is 4.74 Å². The van der Waals surface area contributed by atoms with Crippen molar-refractivity contribution in [1.82, 2.24) is 0 Å². The highest BCUT2D eigenvalue weighted by atomic mass is 31.2. The summed E-state index contributed by atoms with van der Waals surface area (Å²) in [5, 5.41) is 10.2. The fraction of sp³-hybridized carbons (Fsp3) is 0.467. The van der Waals surface area contributed by atoms with Crippen LogP contribution in [0.5, 0.6) is 5.75 Å². The van der Waals surface area contributed by atoms with Gasteiger partial charge in [-0.15, -0.1) is 0 Å². The lowest BCUT2D eigenvalue weighted by atomic mass is 10.0. The van der Waals surface area contributed by atoms with Crippen LogP contribution in [-0.4, -0.2) is 41.5 Å². The van der Waals surface area contributed by atoms with E-state index in [-0.39, 0.29) is 13.2 Å². The monoisotopic (exact) mass is 356 g/mol. The molecule has 132 valence electrons. The Hall–Kier alpha value is -1.82. The van der Waals surface area contributed by atoms with Gasteiger partial charge in [0.25, 0.3) is 5.78 Å². The summed E-state index contributed by atoms with van der Waals surface area (Å²) in [4.78, 5) is 15.1. The first-order valence-corrected chi connectivity index (χ1v) is 8.93. The van der Waals surface area contributed by atoms with Gasteiger partial charge >= 0.3 is 13.0 Å². The summed E-state index contributed by atoms with van der Waals surface area (Å²) < 4.78 is 27.5. The van der Waals surface area contributed by atoms with E-state index in [9.17, 15) is 14.5 Å². The van der Waals surface area contributed by atoms with E-state index in [1.807, 2.05) is 0 Å². The second-order valence-corrected chi connectivity index (χ2v) is 6.61. The van der Waals surface area contributed by atoms with Crippen molar-refractivity contribution >= 4 is 18.8 Å². The summed E-state index contributed by atoms with van der Waals surface area (Å²) in [5.74, 6) is -0.224. The fourth-order valence-electron chi connectivity index (χ4n) is 1.97. The van der Waals surface area contributed by atoms with Crippen LogP contribution in [0.1, 0.15) is 31.9 Å². The Balaban J connectivity index is 2.93. The van der Waals surface area contributed by atoms with Crippen molar-refractivity contribution in [1.29, 1.82) is 0 Å². The number of carbonyl (C=O) groups excluding carboxylic acids is 1. The lowest BCUT2D eigenvalue weighted by molar-refractivity contribution is -0.118. The predicted octanol–water partition coefficient (Wildman–Crippen LogP) is 2.58. The largest absolute Gasteiger partial charge is 0.497 e. The van der Waals surface area contributed by atoms with Gasteiger partial charge in [0.15, 0.2) is 0 Å². The molecule has 0 aliphatic carbocycles. The molecule has 0 radical (unpaired) electrons. The quantitative estimate of drug-likeness (QED) is 0.298. The molecule has 1 rings (SSSR count). The summed E-state index contributed by atoms with van der Waals surface area (Å²) >= 11 is 0. The third-order valence-corrected chi connectivity index (χ3v) is 5.13. The fourth-order valence-corrected chi connectivity index (χ4v) is 3.48. The molecule has 1 atom stereocenters. The molecule has 1 aromatic carbocycles. The zero-order chi connectivity index (χ0) is 18.2. The van der Waals surface area contributed by atoms with Gasteiger partial charge in [0, 0.05) is 6.42 Å². The first kappa shape index (κ1) is 20.2. The zero-order valence-electron chi connectivity index (χ0n) is 13.8. The van der Waals surface area contributed by atoms with Crippen molar-refractivity contribution in [2.75, 3.05) is 20.3 Å². The number of methoxy groups -OCH3 is 1. The number of ketones is 1. The predicted molar refractivity (Wildman–Crippen MR) is 87.1 cm³/mol. The van der Waals surface area contributed by atoms with Crippen molar-refractivity contribution in [3.05, 3.63) is 35.4 Å². The average Bonchev–Trinajstić information content (AvgIpc) is 2.55. The van der Waals surface area contributed by atoms with Gasteiger partial charge in [-0.05, 0) is 31.5 Å². The van der Waals surface area contributed by atoms with Crippen LogP contribution in [0.2, 0.25) is 0 Å². The van der Waals surface area contributed by atoms with E-state index in [0.717, 1.165) is 0 Å². The van der Waals surface area contributed by atoms with Gasteiger partial charge < -0.3 is 24.4 Å². The minimum absolute atomic E-state index is 0.00457. The van der Waals surface area contributed by atoms with Crippen molar-refractivity contribution in [3.8, 4) is 5.75 Å². The first-order valence-electron chi connectivity index (χ1n) is 7.38. The summed E-state index contributed by atoms with van der Waals surface area (Å²) in [6.07, 6.45) is -1.60. The standard InChI is InChI=1S/C15H21N2O6P/c1-4-22-24(20,23-5-2)15(17-16)14(19)10-13(18)11-6-8-12(21-3)9-7-11/h6-9,13,18H,4-5,10H2,1-3H3. The molecule has 0 saturated carbocycles. The molecule has 0 heterocycles. The molecule has 0 aliphatic heterocycles. The number of nitrogens with zero attached hydrogens (tertiary/aromatic N) is 2. The van der Waals surface area contributed by atoms with Crippen LogP contribution >= 0.6 is 7.60 Å². The topological polar surface area (TPSA) is 118 Å². The number of benzene rings is 1. The van der Waals surface area contributed by atoms with Crippen LogP contribution in [-0.2, 0) is 18.4 Å². The molecule has 8 nitrogen and oxygen atoms in total. The van der Waals surface area contributed by atoms with E-state index in [2.05, 4.69) is 4.79 Å². The molecular formula is C15H21N2O6P. The Bertz CT molecular complexity index is 644. The average molecular weight is 356 g/mol. The molecule has 1 unspecified atom stereocenters. The first-order chi connectivity index (χ1) is 11.4. The van der Waals surface area contributed by atoms with Crippen LogP contribution in [0, 0.1) is 0 Å². The molecule has 9 heteroatoms. The molecule has 0 saturated heterocycles. The van der Waals surface area contributed by atoms with Crippen LogP contribution in [0.25, 0.3) is 5.53 Å². The van der Waals surface area contributed by atoms with E-state index >= 15 is 0 Å². The summed E-state index contributed by atoms with van der Waals surface area (Å²) in [7, 11) is -2.51. The zero-order valence-corrected chi connectivity index (χ0v) is 14.7. The number of aliphatic hydroxyl groups is 1. The molecule has 24 heavy (non-hydrogen) atoms. The number of aliphatic hydroxyl groups excluding tert-OH is 1. The molecule has 0 aliphatic rings. The highest BCUT2D eigenvalue weighted by molar-refractivity contribution is 7.74. The number of carbonyl (C=O) groups is 1. The third-order valence-electron chi connectivity index (χ3n) is 3.08. The third kappa shape index (κ3) is 5.09. The number of hydrogen-bond donors (Lipinski definition) is 1. The second-order valence-electron chi connectivity index (χ2n) is 4.67. The Morgan fingerprint density at radius 3 is 2.21 bits per heavy atom. The lowest BCUT2D eigenvalue weighted by Crippen LogP contribution is -2.21. The highest BCUT2D eigenvalue weighted by Gasteiger charge is 2.45. The van der Waals surface area contributed by atoms with Gasteiger partial charge in [0.2, 0.25) is 0 Å². The molecule has 0 fully saturated rings. The Morgan fingerprint density at radius 1 is 1.25 bits per heavy atom. The second kappa shape index (κ2) is 9.47.